The van der Waals surface area contributed by atoms with E-state index in [0.717, 1.165) is 21.8 Å². The Morgan fingerprint density at radius 1 is 1.42 bits per heavy atom. The second kappa shape index (κ2) is 7.87. The molecule has 4 nitrogen and oxygen atoms in total. The Bertz CT molecular complexity index is 453. The Labute approximate surface area is 130 Å². The molecular formula is C13H18Br2N2O2. The normalized spacial score (nSPS) is 12.1. The van der Waals surface area contributed by atoms with Crippen molar-refractivity contribution in [3.63, 3.8) is 0 Å². The van der Waals surface area contributed by atoms with Crippen LogP contribution in [0.5, 0.6) is 5.75 Å². The van der Waals surface area contributed by atoms with Gasteiger partial charge >= 0.3 is 0 Å². The molecule has 1 unspecified atom stereocenters. The van der Waals surface area contributed by atoms with Gasteiger partial charge in [-0.1, -0.05) is 6.92 Å². The van der Waals surface area contributed by atoms with Crippen LogP contribution in [0, 0.1) is 5.92 Å². The van der Waals surface area contributed by atoms with E-state index in [1.165, 1.54) is 0 Å². The zero-order valence-corrected chi connectivity index (χ0v) is 14.2. The fourth-order valence-corrected chi connectivity index (χ4v) is 2.85. The molecule has 0 bridgehead atoms. The number of methoxy groups -OCH3 is 1. The largest absolute Gasteiger partial charge is 0.495 e. The standard InChI is InChI=1S/C13H18Br2N2O2/c1-8(4-3-5-16)13(18)17-11-7-12(19-2)10(15)6-9(11)14/h6-8H,3-5,16H2,1-2H3,(H,17,18). The molecule has 106 valence electrons. The van der Waals surface area contributed by atoms with Gasteiger partial charge in [-0.2, -0.15) is 0 Å². The van der Waals surface area contributed by atoms with Crippen LogP contribution in [0.3, 0.4) is 0 Å². The number of hydrogen-bond donors (Lipinski definition) is 2. The summed E-state index contributed by atoms with van der Waals surface area (Å²) in [6, 6.07) is 3.63. The first-order valence-corrected chi connectivity index (χ1v) is 7.62. The molecule has 0 aliphatic heterocycles. The highest BCUT2D eigenvalue weighted by molar-refractivity contribution is 9.11. The third-order valence-electron chi connectivity index (χ3n) is 2.79. The van der Waals surface area contributed by atoms with E-state index in [1.807, 2.05) is 13.0 Å². The molecule has 0 fully saturated rings. The number of nitrogens with two attached hydrogens (primary N) is 1. The van der Waals surface area contributed by atoms with Crippen molar-refractivity contribution in [2.45, 2.75) is 19.8 Å². The molecule has 0 spiro atoms. The fourth-order valence-electron chi connectivity index (χ4n) is 1.59. The first-order chi connectivity index (χ1) is 8.99. The summed E-state index contributed by atoms with van der Waals surface area (Å²) in [6.07, 6.45) is 1.63. The van der Waals surface area contributed by atoms with Gasteiger partial charge in [-0.3, -0.25) is 4.79 Å². The van der Waals surface area contributed by atoms with E-state index in [9.17, 15) is 4.79 Å². The number of rotatable bonds is 6. The smallest absolute Gasteiger partial charge is 0.227 e. The number of ether oxygens (including phenoxy) is 1. The molecular weight excluding hydrogens is 376 g/mol. The SMILES string of the molecule is COc1cc(NC(=O)C(C)CCCN)c(Br)cc1Br. The highest BCUT2D eigenvalue weighted by Crippen LogP contribution is 2.34. The second-order valence-electron chi connectivity index (χ2n) is 4.29. The molecule has 0 aromatic heterocycles. The van der Waals surface area contributed by atoms with Crippen molar-refractivity contribution in [3.05, 3.63) is 21.1 Å². The van der Waals surface area contributed by atoms with E-state index >= 15 is 0 Å². The second-order valence-corrected chi connectivity index (χ2v) is 6.00. The molecule has 19 heavy (non-hydrogen) atoms. The van der Waals surface area contributed by atoms with Gasteiger partial charge in [-0.25, -0.2) is 0 Å². The summed E-state index contributed by atoms with van der Waals surface area (Å²) < 4.78 is 6.85. The van der Waals surface area contributed by atoms with Crippen molar-refractivity contribution in [1.29, 1.82) is 0 Å². The first kappa shape index (κ1) is 16.5. The molecule has 1 amide bonds. The van der Waals surface area contributed by atoms with Gasteiger partial charge < -0.3 is 15.8 Å². The van der Waals surface area contributed by atoms with Crippen molar-refractivity contribution in [3.8, 4) is 5.75 Å². The minimum atomic E-state index is -0.0647. The lowest BCUT2D eigenvalue weighted by Gasteiger charge is -2.14. The quantitative estimate of drug-likeness (QED) is 0.776. The van der Waals surface area contributed by atoms with Gasteiger partial charge in [0.1, 0.15) is 5.75 Å². The van der Waals surface area contributed by atoms with Gasteiger partial charge in [0.25, 0.3) is 0 Å². The first-order valence-electron chi connectivity index (χ1n) is 6.03. The lowest BCUT2D eigenvalue weighted by Crippen LogP contribution is -2.21. The Morgan fingerprint density at radius 2 is 2.11 bits per heavy atom. The Hall–Kier alpha value is -0.590. The van der Waals surface area contributed by atoms with Crippen LogP contribution < -0.4 is 15.8 Å². The Balaban J connectivity index is 2.78. The van der Waals surface area contributed by atoms with Gasteiger partial charge in [0.15, 0.2) is 0 Å². The van der Waals surface area contributed by atoms with Crippen LogP contribution >= 0.6 is 31.9 Å². The summed E-state index contributed by atoms with van der Waals surface area (Å²) in [4.78, 5) is 12.0. The Morgan fingerprint density at radius 3 is 2.68 bits per heavy atom. The molecule has 3 N–H and O–H groups in total. The summed E-state index contributed by atoms with van der Waals surface area (Å²) in [5, 5.41) is 2.89. The zero-order chi connectivity index (χ0) is 14.4. The maximum atomic E-state index is 12.0. The number of hydrogen-bond acceptors (Lipinski definition) is 3. The highest BCUT2D eigenvalue weighted by atomic mass is 79.9. The number of nitrogens with one attached hydrogen (secondary N) is 1. The average Bonchev–Trinajstić information content (AvgIpc) is 2.38. The van der Waals surface area contributed by atoms with Crippen LogP contribution in [0.1, 0.15) is 19.8 Å². The molecule has 1 atom stereocenters. The number of benzene rings is 1. The summed E-state index contributed by atoms with van der Waals surface area (Å²) in [5.41, 5.74) is 6.15. The highest BCUT2D eigenvalue weighted by Gasteiger charge is 2.15. The van der Waals surface area contributed by atoms with E-state index in [-0.39, 0.29) is 11.8 Å². The summed E-state index contributed by atoms with van der Waals surface area (Å²) in [7, 11) is 1.59. The van der Waals surface area contributed by atoms with Crippen LogP contribution in [0.4, 0.5) is 5.69 Å². The van der Waals surface area contributed by atoms with Crippen LogP contribution in [-0.4, -0.2) is 19.6 Å². The van der Waals surface area contributed by atoms with Gasteiger partial charge in [0.05, 0.1) is 17.3 Å². The lowest BCUT2D eigenvalue weighted by molar-refractivity contribution is -0.119. The van der Waals surface area contributed by atoms with Gasteiger partial charge in [0, 0.05) is 16.5 Å². The maximum absolute atomic E-state index is 12.0. The van der Waals surface area contributed by atoms with Crippen molar-refractivity contribution >= 4 is 43.5 Å². The Kier molecular flexibility index (Phi) is 6.82. The predicted octanol–water partition coefficient (Wildman–Crippen LogP) is 3.53. The number of anilines is 1. The van der Waals surface area contributed by atoms with Gasteiger partial charge in [0.2, 0.25) is 5.91 Å². The predicted molar refractivity (Wildman–Crippen MR) is 84.5 cm³/mol. The molecule has 1 rings (SSSR count). The van der Waals surface area contributed by atoms with E-state index in [2.05, 4.69) is 37.2 Å². The number of carbonyl (C=O) groups is 1. The third kappa shape index (κ3) is 4.78. The summed E-state index contributed by atoms with van der Waals surface area (Å²) in [6.45, 7) is 2.50. The number of amides is 1. The summed E-state index contributed by atoms with van der Waals surface area (Å²) >= 11 is 6.81. The van der Waals surface area contributed by atoms with Gasteiger partial charge in [-0.05, 0) is 57.3 Å². The zero-order valence-electron chi connectivity index (χ0n) is 11.0. The monoisotopic (exact) mass is 392 g/mol. The fraction of sp³-hybridized carbons (Fsp3) is 0.462. The minimum Gasteiger partial charge on any atom is -0.495 e. The molecule has 0 aliphatic rings. The van der Waals surface area contributed by atoms with Crippen molar-refractivity contribution in [2.75, 3.05) is 19.0 Å². The van der Waals surface area contributed by atoms with Crippen LogP contribution in [-0.2, 0) is 4.79 Å². The maximum Gasteiger partial charge on any atom is 0.227 e. The number of carbonyl (C=O) groups excluding carboxylic acids is 1. The van der Waals surface area contributed by atoms with Crippen molar-refractivity contribution < 1.29 is 9.53 Å². The van der Waals surface area contributed by atoms with Crippen LogP contribution in [0.15, 0.2) is 21.1 Å². The molecule has 6 heteroatoms. The van der Waals surface area contributed by atoms with Crippen LogP contribution in [0.2, 0.25) is 0 Å². The van der Waals surface area contributed by atoms with Crippen molar-refractivity contribution in [1.82, 2.24) is 0 Å². The average molecular weight is 394 g/mol. The molecule has 0 saturated heterocycles. The minimum absolute atomic E-state index is 0.0153. The topological polar surface area (TPSA) is 64.3 Å². The molecule has 1 aromatic rings. The van der Waals surface area contributed by atoms with Gasteiger partial charge in [-0.15, -0.1) is 0 Å². The molecule has 0 heterocycles. The van der Waals surface area contributed by atoms with E-state index in [0.29, 0.717) is 18.0 Å². The molecule has 1 aromatic carbocycles. The van der Waals surface area contributed by atoms with Crippen LogP contribution in [0.25, 0.3) is 0 Å². The summed E-state index contributed by atoms with van der Waals surface area (Å²) in [5.74, 6) is 0.594. The molecule has 0 saturated carbocycles. The number of halogens is 2. The third-order valence-corrected chi connectivity index (χ3v) is 4.06. The lowest BCUT2D eigenvalue weighted by atomic mass is 10.0. The van der Waals surface area contributed by atoms with Crippen molar-refractivity contribution in [2.24, 2.45) is 11.7 Å². The molecule has 0 aliphatic carbocycles. The van der Waals surface area contributed by atoms with E-state index in [4.69, 9.17) is 10.5 Å². The van der Waals surface area contributed by atoms with E-state index < -0.39 is 0 Å². The van der Waals surface area contributed by atoms with E-state index in [1.54, 1.807) is 13.2 Å². The molecule has 0 radical (unpaired) electrons.